The maximum atomic E-state index is 5.87. The molecule has 0 atom stereocenters. The molecule has 0 aliphatic carbocycles. The molecule has 2 heterocycles. The molecule has 2 aromatic heterocycles. The van der Waals surface area contributed by atoms with Crippen molar-refractivity contribution in [3.05, 3.63) is 54.2 Å². The summed E-state index contributed by atoms with van der Waals surface area (Å²) >= 11 is 1.64. The highest BCUT2D eigenvalue weighted by Gasteiger charge is 2.13. The lowest BCUT2D eigenvalue weighted by molar-refractivity contribution is 0.240. The first kappa shape index (κ1) is 16.5. The SMILES string of the molecule is CC(C)Oc1ccccc1CSc1nnc(-c2ccccn2)n1C. The fourth-order valence-electron chi connectivity index (χ4n) is 2.29. The highest BCUT2D eigenvalue weighted by atomic mass is 32.2. The molecule has 0 saturated carbocycles. The first-order chi connectivity index (χ1) is 11.6. The zero-order valence-corrected chi connectivity index (χ0v) is 14.8. The lowest BCUT2D eigenvalue weighted by Crippen LogP contribution is -2.07. The Hall–Kier alpha value is -2.34. The van der Waals surface area contributed by atoms with Crippen LogP contribution < -0.4 is 4.74 Å². The number of hydrogen-bond acceptors (Lipinski definition) is 5. The Labute approximate surface area is 146 Å². The molecule has 0 bridgehead atoms. The van der Waals surface area contributed by atoms with Crippen LogP contribution in [-0.4, -0.2) is 25.9 Å². The van der Waals surface area contributed by atoms with Gasteiger partial charge >= 0.3 is 0 Å². The van der Waals surface area contributed by atoms with Gasteiger partial charge in [0.2, 0.25) is 0 Å². The third-order valence-electron chi connectivity index (χ3n) is 3.42. The van der Waals surface area contributed by atoms with Crippen LogP contribution >= 0.6 is 11.8 Å². The van der Waals surface area contributed by atoms with Gasteiger partial charge in [-0.05, 0) is 32.0 Å². The Bertz CT molecular complexity index is 802. The number of benzene rings is 1. The fraction of sp³-hybridized carbons (Fsp3) is 0.278. The van der Waals surface area contributed by atoms with Crippen molar-refractivity contribution in [2.24, 2.45) is 7.05 Å². The van der Waals surface area contributed by atoms with E-state index in [-0.39, 0.29) is 6.10 Å². The monoisotopic (exact) mass is 340 g/mol. The highest BCUT2D eigenvalue weighted by molar-refractivity contribution is 7.98. The standard InChI is InChI=1S/C18H20N4OS/c1-13(2)23-16-10-5-4-8-14(16)12-24-18-21-20-17(22(18)3)15-9-6-7-11-19-15/h4-11,13H,12H2,1-3H3. The quantitative estimate of drug-likeness (QED) is 0.636. The van der Waals surface area contributed by atoms with Crippen molar-refractivity contribution in [3.8, 4) is 17.3 Å². The van der Waals surface area contributed by atoms with Crippen LogP contribution in [0.15, 0.2) is 53.8 Å². The first-order valence-corrected chi connectivity index (χ1v) is 8.82. The predicted octanol–water partition coefficient (Wildman–Crippen LogP) is 3.96. The van der Waals surface area contributed by atoms with Crippen molar-refractivity contribution >= 4 is 11.8 Å². The zero-order valence-electron chi connectivity index (χ0n) is 14.0. The van der Waals surface area contributed by atoms with Gasteiger partial charge in [-0.25, -0.2) is 0 Å². The van der Waals surface area contributed by atoms with E-state index in [0.717, 1.165) is 33.7 Å². The second-order valence-corrected chi connectivity index (χ2v) is 6.59. The van der Waals surface area contributed by atoms with Gasteiger partial charge in [-0.15, -0.1) is 10.2 Å². The molecule has 6 heteroatoms. The summed E-state index contributed by atoms with van der Waals surface area (Å²) in [4.78, 5) is 4.34. The van der Waals surface area contributed by atoms with E-state index < -0.39 is 0 Å². The average Bonchev–Trinajstić information content (AvgIpc) is 2.95. The molecule has 0 amide bonds. The average molecular weight is 340 g/mol. The molecular formula is C18H20N4OS. The molecule has 0 saturated heterocycles. The van der Waals surface area contributed by atoms with E-state index >= 15 is 0 Å². The zero-order chi connectivity index (χ0) is 16.9. The van der Waals surface area contributed by atoms with E-state index in [0.29, 0.717) is 0 Å². The highest BCUT2D eigenvalue weighted by Crippen LogP contribution is 2.28. The van der Waals surface area contributed by atoms with Crippen molar-refractivity contribution < 1.29 is 4.74 Å². The smallest absolute Gasteiger partial charge is 0.191 e. The number of hydrogen-bond donors (Lipinski definition) is 0. The Morgan fingerprint density at radius 1 is 1.08 bits per heavy atom. The molecule has 0 fully saturated rings. The predicted molar refractivity (Wildman–Crippen MR) is 96.0 cm³/mol. The van der Waals surface area contributed by atoms with Crippen LogP contribution in [0.3, 0.4) is 0 Å². The normalized spacial score (nSPS) is 11.0. The van der Waals surface area contributed by atoms with Crippen molar-refractivity contribution in [1.82, 2.24) is 19.7 Å². The van der Waals surface area contributed by atoms with Crippen molar-refractivity contribution in [3.63, 3.8) is 0 Å². The molecule has 3 rings (SSSR count). The van der Waals surface area contributed by atoms with Crippen LogP contribution in [0, 0.1) is 0 Å². The molecule has 0 aliphatic rings. The van der Waals surface area contributed by atoms with Crippen LogP contribution in [0.2, 0.25) is 0 Å². The van der Waals surface area contributed by atoms with E-state index in [4.69, 9.17) is 4.74 Å². The van der Waals surface area contributed by atoms with Crippen LogP contribution in [0.25, 0.3) is 11.5 Å². The number of nitrogens with zero attached hydrogens (tertiary/aromatic N) is 4. The molecule has 124 valence electrons. The second kappa shape index (κ2) is 7.49. The largest absolute Gasteiger partial charge is 0.491 e. The van der Waals surface area contributed by atoms with Gasteiger partial charge in [-0.1, -0.05) is 36.0 Å². The summed E-state index contributed by atoms with van der Waals surface area (Å²) < 4.78 is 7.84. The summed E-state index contributed by atoms with van der Waals surface area (Å²) in [7, 11) is 1.96. The van der Waals surface area contributed by atoms with Crippen LogP contribution in [0.5, 0.6) is 5.75 Å². The van der Waals surface area contributed by atoms with Crippen molar-refractivity contribution in [2.75, 3.05) is 0 Å². The molecule has 24 heavy (non-hydrogen) atoms. The first-order valence-electron chi connectivity index (χ1n) is 7.83. The van der Waals surface area contributed by atoms with Gasteiger partial charge in [-0.2, -0.15) is 0 Å². The van der Waals surface area contributed by atoms with Crippen molar-refractivity contribution in [1.29, 1.82) is 0 Å². The van der Waals surface area contributed by atoms with Crippen LogP contribution in [0.4, 0.5) is 0 Å². The Morgan fingerprint density at radius 3 is 2.62 bits per heavy atom. The van der Waals surface area contributed by atoms with Gasteiger partial charge in [0.1, 0.15) is 11.4 Å². The summed E-state index contributed by atoms with van der Waals surface area (Å²) in [5, 5.41) is 9.42. The van der Waals surface area contributed by atoms with Crippen molar-refractivity contribution in [2.45, 2.75) is 30.9 Å². The van der Waals surface area contributed by atoms with Gasteiger partial charge < -0.3 is 9.30 Å². The van der Waals surface area contributed by atoms with E-state index in [9.17, 15) is 0 Å². The van der Waals surface area contributed by atoms with Gasteiger partial charge in [-0.3, -0.25) is 4.98 Å². The number of ether oxygens (including phenoxy) is 1. The minimum Gasteiger partial charge on any atom is -0.491 e. The van der Waals surface area contributed by atoms with E-state index in [1.54, 1.807) is 18.0 Å². The van der Waals surface area contributed by atoms with Gasteiger partial charge in [0.05, 0.1) is 6.10 Å². The summed E-state index contributed by atoms with van der Waals surface area (Å²) in [6, 6.07) is 13.9. The Balaban J connectivity index is 1.76. The number of aromatic nitrogens is 4. The molecule has 1 aromatic carbocycles. The third-order valence-corrected chi connectivity index (χ3v) is 4.49. The lowest BCUT2D eigenvalue weighted by atomic mass is 10.2. The Morgan fingerprint density at radius 2 is 1.88 bits per heavy atom. The van der Waals surface area contributed by atoms with Crippen LogP contribution in [-0.2, 0) is 12.8 Å². The van der Waals surface area contributed by atoms with Crippen LogP contribution in [0.1, 0.15) is 19.4 Å². The Kier molecular flexibility index (Phi) is 5.15. The van der Waals surface area contributed by atoms with Gasteiger partial charge in [0.25, 0.3) is 0 Å². The molecule has 0 radical (unpaired) electrons. The molecule has 3 aromatic rings. The lowest BCUT2D eigenvalue weighted by Gasteiger charge is -2.13. The second-order valence-electron chi connectivity index (χ2n) is 5.64. The number of para-hydroxylation sites is 1. The summed E-state index contributed by atoms with van der Waals surface area (Å²) in [6.07, 6.45) is 1.91. The summed E-state index contributed by atoms with van der Waals surface area (Å²) in [6.45, 7) is 4.07. The van der Waals surface area contributed by atoms with E-state index in [1.807, 2.05) is 61.9 Å². The summed E-state index contributed by atoms with van der Waals surface area (Å²) in [5.41, 5.74) is 1.97. The molecule has 5 nitrogen and oxygen atoms in total. The molecule has 0 unspecified atom stereocenters. The molecule has 0 N–H and O–H groups in total. The van der Waals surface area contributed by atoms with Gasteiger partial charge in [0, 0.05) is 24.6 Å². The number of rotatable bonds is 6. The minimum atomic E-state index is 0.154. The maximum Gasteiger partial charge on any atom is 0.191 e. The summed E-state index contributed by atoms with van der Waals surface area (Å²) in [5.74, 6) is 2.47. The molecule has 0 spiro atoms. The van der Waals surface area contributed by atoms with Gasteiger partial charge in [0.15, 0.2) is 11.0 Å². The fourth-order valence-corrected chi connectivity index (χ4v) is 3.19. The number of thioether (sulfide) groups is 1. The molecule has 0 aliphatic heterocycles. The third kappa shape index (κ3) is 3.76. The number of pyridine rings is 1. The topological polar surface area (TPSA) is 52.8 Å². The maximum absolute atomic E-state index is 5.87. The van der Waals surface area contributed by atoms with E-state index in [2.05, 4.69) is 21.2 Å². The van der Waals surface area contributed by atoms with E-state index in [1.165, 1.54) is 0 Å². The molecular weight excluding hydrogens is 320 g/mol. The minimum absolute atomic E-state index is 0.154.